The summed E-state index contributed by atoms with van der Waals surface area (Å²) in [5, 5.41) is 7.75. The second-order valence-corrected chi connectivity index (χ2v) is 6.24. The van der Waals surface area contributed by atoms with Crippen LogP contribution in [0.2, 0.25) is 0 Å². The Morgan fingerprint density at radius 1 is 1.47 bits per heavy atom. The SMILES string of the molecule is C[C@@H](NCc1cc(Br)cs1)c1cccs1. The zero-order valence-corrected chi connectivity index (χ0v) is 11.6. The van der Waals surface area contributed by atoms with Crippen LogP contribution in [0.3, 0.4) is 0 Å². The zero-order valence-electron chi connectivity index (χ0n) is 8.37. The molecule has 1 nitrogen and oxygen atoms in total. The van der Waals surface area contributed by atoms with E-state index in [1.807, 2.05) is 0 Å². The molecule has 2 heterocycles. The summed E-state index contributed by atoms with van der Waals surface area (Å²) in [6, 6.07) is 6.87. The molecule has 0 amide bonds. The van der Waals surface area contributed by atoms with Crippen LogP contribution in [0.25, 0.3) is 0 Å². The van der Waals surface area contributed by atoms with Gasteiger partial charge in [-0.05, 0) is 40.4 Å². The molecule has 4 heteroatoms. The normalized spacial score (nSPS) is 12.9. The minimum absolute atomic E-state index is 0.436. The van der Waals surface area contributed by atoms with Gasteiger partial charge in [0.05, 0.1) is 0 Å². The molecule has 2 aromatic heterocycles. The van der Waals surface area contributed by atoms with Crippen LogP contribution in [-0.4, -0.2) is 0 Å². The quantitative estimate of drug-likeness (QED) is 0.881. The molecule has 2 rings (SSSR count). The lowest BCUT2D eigenvalue weighted by Crippen LogP contribution is -2.16. The minimum atomic E-state index is 0.436. The van der Waals surface area contributed by atoms with Crippen LogP contribution in [0.4, 0.5) is 0 Å². The van der Waals surface area contributed by atoms with Crippen LogP contribution in [-0.2, 0) is 6.54 Å². The van der Waals surface area contributed by atoms with Gasteiger partial charge in [-0.15, -0.1) is 22.7 Å². The second kappa shape index (κ2) is 5.25. The van der Waals surface area contributed by atoms with Crippen molar-refractivity contribution in [1.29, 1.82) is 0 Å². The number of rotatable bonds is 4. The molecule has 0 aliphatic heterocycles. The Labute approximate surface area is 106 Å². The highest BCUT2D eigenvalue weighted by molar-refractivity contribution is 9.10. The third-order valence-corrected chi connectivity index (χ3v) is 4.93. The van der Waals surface area contributed by atoms with Crippen molar-refractivity contribution >= 4 is 38.6 Å². The van der Waals surface area contributed by atoms with Crippen molar-refractivity contribution in [2.75, 3.05) is 0 Å². The second-order valence-electron chi connectivity index (χ2n) is 3.35. The first-order valence-electron chi connectivity index (χ1n) is 4.75. The molecule has 0 aromatic carbocycles. The van der Waals surface area contributed by atoms with Crippen molar-refractivity contribution < 1.29 is 0 Å². The van der Waals surface area contributed by atoms with E-state index in [1.165, 1.54) is 14.2 Å². The molecule has 80 valence electrons. The van der Waals surface area contributed by atoms with Crippen molar-refractivity contribution in [1.82, 2.24) is 5.32 Å². The van der Waals surface area contributed by atoms with Crippen molar-refractivity contribution in [3.05, 3.63) is 43.2 Å². The molecule has 0 aliphatic rings. The Balaban J connectivity index is 1.88. The third kappa shape index (κ3) is 3.14. The van der Waals surface area contributed by atoms with Gasteiger partial charge in [-0.2, -0.15) is 0 Å². The van der Waals surface area contributed by atoms with E-state index in [1.54, 1.807) is 22.7 Å². The Kier molecular flexibility index (Phi) is 3.97. The van der Waals surface area contributed by atoms with Crippen LogP contribution < -0.4 is 5.32 Å². The summed E-state index contributed by atoms with van der Waals surface area (Å²) >= 11 is 7.05. The van der Waals surface area contributed by atoms with Crippen LogP contribution >= 0.6 is 38.6 Å². The molecule has 1 N–H and O–H groups in total. The van der Waals surface area contributed by atoms with Gasteiger partial charge in [-0.25, -0.2) is 0 Å². The summed E-state index contributed by atoms with van der Waals surface area (Å²) in [7, 11) is 0. The molecule has 0 spiro atoms. The van der Waals surface area contributed by atoms with Gasteiger partial charge in [0, 0.05) is 32.2 Å². The Bertz CT molecular complexity index is 408. The molecule has 2 aromatic rings. The molecule has 0 aliphatic carbocycles. The number of hydrogen-bond acceptors (Lipinski definition) is 3. The van der Waals surface area contributed by atoms with E-state index in [9.17, 15) is 0 Å². The zero-order chi connectivity index (χ0) is 10.7. The summed E-state index contributed by atoms with van der Waals surface area (Å²) in [6.45, 7) is 3.14. The van der Waals surface area contributed by atoms with Crippen LogP contribution in [0.15, 0.2) is 33.4 Å². The largest absolute Gasteiger partial charge is 0.305 e. The maximum Gasteiger partial charge on any atom is 0.0389 e. The van der Waals surface area contributed by atoms with Gasteiger partial charge in [0.25, 0.3) is 0 Å². The predicted molar refractivity (Wildman–Crippen MR) is 71.6 cm³/mol. The molecule has 0 unspecified atom stereocenters. The Morgan fingerprint density at radius 2 is 2.33 bits per heavy atom. The fourth-order valence-corrected chi connectivity index (χ4v) is 3.50. The van der Waals surface area contributed by atoms with Gasteiger partial charge in [-0.1, -0.05) is 6.07 Å². The molecule has 0 fully saturated rings. The molecular formula is C11H12BrNS2. The molecule has 1 atom stereocenters. The average molecular weight is 302 g/mol. The van der Waals surface area contributed by atoms with E-state index in [-0.39, 0.29) is 0 Å². The first kappa shape index (κ1) is 11.3. The highest BCUT2D eigenvalue weighted by Gasteiger charge is 2.05. The van der Waals surface area contributed by atoms with E-state index < -0.39 is 0 Å². The van der Waals surface area contributed by atoms with Gasteiger partial charge in [0.1, 0.15) is 0 Å². The Morgan fingerprint density at radius 3 is 2.93 bits per heavy atom. The van der Waals surface area contributed by atoms with Crippen LogP contribution in [0.1, 0.15) is 22.7 Å². The summed E-state index contributed by atoms with van der Waals surface area (Å²) in [5.41, 5.74) is 0. The maximum absolute atomic E-state index is 3.51. The lowest BCUT2D eigenvalue weighted by Gasteiger charge is -2.10. The number of hydrogen-bond donors (Lipinski definition) is 1. The third-order valence-electron chi connectivity index (χ3n) is 2.17. The summed E-state index contributed by atoms with van der Waals surface area (Å²) in [4.78, 5) is 2.76. The van der Waals surface area contributed by atoms with E-state index in [0.29, 0.717) is 6.04 Å². The van der Waals surface area contributed by atoms with Gasteiger partial charge >= 0.3 is 0 Å². The van der Waals surface area contributed by atoms with Crippen LogP contribution in [0.5, 0.6) is 0 Å². The fraction of sp³-hybridized carbons (Fsp3) is 0.273. The standard InChI is InChI=1S/C11H12BrNS2/c1-8(11-3-2-4-14-11)13-6-10-5-9(12)7-15-10/h2-5,7-8,13H,6H2,1H3/t8-/m1/s1. The van der Waals surface area contributed by atoms with Crippen LogP contribution in [0, 0.1) is 0 Å². The number of halogens is 1. The number of nitrogens with one attached hydrogen (secondary N) is 1. The highest BCUT2D eigenvalue weighted by atomic mass is 79.9. The van der Waals surface area contributed by atoms with Gasteiger partial charge in [-0.3, -0.25) is 0 Å². The summed E-state index contributed by atoms with van der Waals surface area (Å²) < 4.78 is 1.17. The number of thiophene rings is 2. The van der Waals surface area contributed by atoms with E-state index >= 15 is 0 Å². The smallest absolute Gasteiger partial charge is 0.0389 e. The summed E-state index contributed by atoms with van der Waals surface area (Å²) in [5.74, 6) is 0. The van der Waals surface area contributed by atoms with Crippen molar-refractivity contribution in [2.24, 2.45) is 0 Å². The molecular weight excluding hydrogens is 290 g/mol. The topological polar surface area (TPSA) is 12.0 Å². The lowest BCUT2D eigenvalue weighted by atomic mass is 10.3. The minimum Gasteiger partial charge on any atom is -0.305 e. The van der Waals surface area contributed by atoms with Gasteiger partial charge < -0.3 is 5.32 Å². The first-order chi connectivity index (χ1) is 7.25. The molecule has 0 radical (unpaired) electrons. The van der Waals surface area contributed by atoms with Gasteiger partial charge in [0.15, 0.2) is 0 Å². The van der Waals surface area contributed by atoms with E-state index in [0.717, 1.165) is 6.54 Å². The monoisotopic (exact) mass is 301 g/mol. The van der Waals surface area contributed by atoms with E-state index in [4.69, 9.17) is 0 Å². The fourth-order valence-electron chi connectivity index (χ4n) is 1.34. The Hall–Kier alpha value is -0.160. The van der Waals surface area contributed by atoms with Crippen molar-refractivity contribution in [2.45, 2.75) is 19.5 Å². The van der Waals surface area contributed by atoms with Crippen molar-refractivity contribution in [3.8, 4) is 0 Å². The molecule has 0 saturated carbocycles. The molecule has 15 heavy (non-hydrogen) atoms. The lowest BCUT2D eigenvalue weighted by molar-refractivity contribution is 0.587. The summed E-state index contributed by atoms with van der Waals surface area (Å²) in [6.07, 6.45) is 0. The first-order valence-corrected chi connectivity index (χ1v) is 7.30. The van der Waals surface area contributed by atoms with E-state index in [2.05, 4.69) is 57.1 Å². The maximum atomic E-state index is 3.51. The average Bonchev–Trinajstić information content (AvgIpc) is 2.84. The van der Waals surface area contributed by atoms with Crippen molar-refractivity contribution in [3.63, 3.8) is 0 Å². The molecule has 0 bridgehead atoms. The van der Waals surface area contributed by atoms with Gasteiger partial charge in [0.2, 0.25) is 0 Å². The highest BCUT2D eigenvalue weighted by Crippen LogP contribution is 2.22. The molecule has 0 saturated heterocycles. The predicted octanol–water partition coefficient (Wildman–Crippen LogP) is 4.42.